The van der Waals surface area contributed by atoms with E-state index in [-0.39, 0.29) is 0 Å². The van der Waals surface area contributed by atoms with Crippen LogP contribution in [0.15, 0.2) is 0 Å². The SMILES string of the molecule is NCCN1CCN(C2CC2)CC1. The Kier molecular flexibility index (Phi) is 2.63. The lowest BCUT2D eigenvalue weighted by atomic mass is 10.3. The van der Waals surface area contributed by atoms with Gasteiger partial charge in [0, 0.05) is 45.3 Å². The Morgan fingerprint density at radius 1 is 1.08 bits per heavy atom. The average molecular weight is 169 g/mol. The van der Waals surface area contributed by atoms with Gasteiger partial charge in [-0.1, -0.05) is 0 Å². The second-order valence-electron chi connectivity index (χ2n) is 3.90. The zero-order valence-corrected chi connectivity index (χ0v) is 7.71. The highest BCUT2D eigenvalue weighted by atomic mass is 15.3. The van der Waals surface area contributed by atoms with Crippen molar-refractivity contribution in [1.29, 1.82) is 0 Å². The fourth-order valence-corrected chi connectivity index (χ4v) is 1.97. The van der Waals surface area contributed by atoms with Crippen LogP contribution in [0.3, 0.4) is 0 Å². The number of hydrogen-bond donors (Lipinski definition) is 1. The molecule has 12 heavy (non-hydrogen) atoms. The largest absolute Gasteiger partial charge is 0.329 e. The average Bonchev–Trinajstić information content (AvgIpc) is 2.89. The van der Waals surface area contributed by atoms with Crippen LogP contribution in [0.2, 0.25) is 0 Å². The van der Waals surface area contributed by atoms with Gasteiger partial charge in [0.25, 0.3) is 0 Å². The van der Waals surface area contributed by atoms with Crippen molar-refractivity contribution >= 4 is 0 Å². The van der Waals surface area contributed by atoms with E-state index < -0.39 is 0 Å². The summed E-state index contributed by atoms with van der Waals surface area (Å²) in [7, 11) is 0. The normalized spacial score (nSPS) is 27.8. The van der Waals surface area contributed by atoms with Crippen molar-refractivity contribution in [3.63, 3.8) is 0 Å². The molecule has 1 heterocycles. The van der Waals surface area contributed by atoms with Gasteiger partial charge in [-0.05, 0) is 12.8 Å². The first-order chi connectivity index (χ1) is 5.90. The Morgan fingerprint density at radius 3 is 2.25 bits per heavy atom. The molecule has 1 saturated heterocycles. The van der Waals surface area contributed by atoms with E-state index in [0.29, 0.717) is 0 Å². The Hall–Kier alpha value is -0.120. The number of rotatable bonds is 3. The zero-order valence-electron chi connectivity index (χ0n) is 7.71. The maximum absolute atomic E-state index is 5.51. The maximum Gasteiger partial charge on any atom is 0.0113 e. The van der Waals surface area contributed by atoms with Gasteiger partial charge < -0.3 is 5.73 Å². The summed E-state index contributed by atoms with van der Waals surface area (Å²) in [5, 5.41) is 0. The molecule has 2 fully saturated rings. The Morgan fingerprint density at radius 2 is 1.75 bits per heavy atom. The first-order valence-electron chi connectivity index (χ1n) is 5.06. The van der Waals surface area contributed by atoms with Gasteiger partial charge in [0.2, 0.25) is 0 Å². The lowest BCUT2D eigenvalue weighted by molar-refractivity contribution is 0.129. The van der Waals surface area contributed by atoms with Gasteiger partial charge in [-0.25, -0.2) is 0 Å². The topological polar surface area (TPSA) is 32.5 Å². The summed E-state index contributed by atoms with van der Waals surface area (Å²) in [6, 6.07) is 0.949. The molecule has 0 aromatic heterocycles. The van der Waals surface area contributed by atoms with Gasteiger partial charge in [-0.15, -0.1) is 0 Å². The molecule has 3 heteroatoms. The van der Waals surface area contributed by atoms with Crippen LogP contribution in [0, 0.1) is 0 Å². The van der Waals surface area contributed by atoms with Gasteiger partial charge >= 0.3 is 0 Å². The number of nitrogens with zero attached hydrogens (tertiary/aromatic N) is 2. The summed E-state index contributed by atoms with van der Waals surface area (Å²) in [5.41, 5.74) is 5.51. The lowest BCUT2D eigenvalue weighted by Crippen LogP contribution is -2.48. The van der Waals surface area contributed by atoms with Gasteiger partial charge in [-0.3, -0.25) is 9.80 Å². The molecule has 2 N–H and O–H groups in total. The first kappa shape index (κ1) is 8.48. The molecular weight excluding hydrogens is 150 g/mol. The minimum Gasteiger partial charge on any atom is -0.329 e. The monoisotopic (exact) mass is 169 g/mol. The Balaban J connectivity index is 1.69. The predicted octanol–water partition coefficient (Wildman–Crippen LogP) is -0.275. The molecule has 0 aromatic rings. The number of piperazine rings is 1. The minimum absolute atomic E-state index is 0.809. The molecule has 1 saturated carbocycles. The van der Waals surface area contributed by atoms with Crippen LogP contribution < -0.4 is 5.73 Å². The molecule has 2 rings (SSSR count). The molecule has 0 amide bonds. The van der Waals surface area contributed by atoms with Crippen LogP contribution in [0.1, 0.15) is 12.8 Å². The van der Waals surface area contributed by atoms with E-state index in [9.17, 15) is 0 Å². The molecule has 70 valence electrons. The van der Waals surface area contributed by atoms with E-state index in [4.69, 9.17) is 5.73 Å². The maximum atomic E-state index is 5.51. The molecule has 1 aliphatic carbocycles. The quantitative estimate of drug-likeness (QED) is 0.631. The summed E-state index contributed by atoms with van der Waals surface area (Å²) in [4.78, 5) is 5.10. The molecule has 2 aliphatic rings. The highest BCUT2D eigenvalue weighted by molar-refractivity contribution is 4.87. The third-order valence-corrected chi connectivity index (χ3v) is 2.92. The van der Waals surface area contributed by atoms with E-state index >= 15 is 0 Å². The van der Waals surface area contributed by atoms with Crippen LogP contribution in [0.4, 0.5) is 0 Å². The van der Waals surface area contributed by atoms with Gasteiger partial charge in [0.05, 0.1) is 0 Å². The van der Waals surface area contributed by atoms with E-state index in [1.165, 1.54) is 39.0 Å². The van der Waals surface area contributed by atoms with E-state index in [1.54, 1.807) is 0 Å². The van der Waals surface area contributed by atoms with Crippen LogP contribution in [-0.4, -0.2) is 55.1 Å². The van der Waals surface area contributed by atoms with Crippen molar-refractivity contribution in [2.24, 2.45) is 5.73 Å². The minimum atomic E-state index is 0.809. The molecule has 0 radical (unpaired) electrons. The summed E-state index contributed by atoms with van der Waals surface area (Å²) in [6.45, 7) is 6.89. The molecule has 3 nitrogen and oxygen atoms in total. The third-order valence-electron chi connectivity index (χ3n) is 2.92. The molecule has 1 aliphatic heterocycles. The van der Waals surface area contributed by atoms with Crippen molar-refractivity contribution in [2.45, 2.75) is 18.9 Å². The van der Waals surface area contributed by atoms with E-state index in [2.05, 4.69) is 9.80 Å². The molecule has 0 unspecified atom stereocenters. The van der Waals surface area contributed by atoms with Crippen molar-refractivity contribution in [2.75, 3.05) is 39.3 Å². The lowest BCUT2D eigenvalue weighted by Gasteiger charge is -2.34. The number of hydrogen-bond acceptors (Lipinski definition) is 3. The summed E-state index contributed by atoms with van der Waals surface area (Å²) >= 11 is 0. The van der Waals surface area contributed by atoms with Gasteiger partial charge in [0.1, 0.15) is 0 Å². The molecular formula is C9H19N3. The number of nitrogens with two attached hydrogens (primary N) is 1. The third kappa shape index (κ3) is 1.97. The molecule has 0 aromatic carbocycles. The van der Waals surface area contributed by atoms with Crippen LogP contribution in [0.5, 0.6) is 0 Å². The van der Waals surface area contributed by atoms with Crippen LogP contribution >= 0.6 is 0 Å². The predicted molar refractivity (Wildman–Crippen MR) is 50.1 cm³/mol. The molecule has 0 bridgehead atoms. The smallest absolute Gasteiger partial charge is 0.0113 e. The standard InChI is InChI=1S/C9H19N3/c10-3-4-11-5-7-12(8-6-11)9-1-2-9/h9H,1-8,10H2. The Labute approximate surface area is 74.5 Å². The van der Waals surface area contributed by atoms with Crippen LogP contribution in [-0.2, 0) is 0 Å². The zero-order chi connectivity index (χ0) is 8.39. The van der Waals surface area contributed by atoms with E-state index in [1.807, 2.05) is 0 Å². The summed E-state index contributed by atoms with van der Waals surface area (Å²) in [5.74, 6) is 0. The van der Waals surface area contributed by atoms with Crippen molar-refractivity contribution < 1.29 is 0 Å². The second kappa shape index (κ2) is 3.73. The fourth-order valence-electron chi connectivity index (χ4n) is 1.97. The second-order valence-corrected chi connectivity index (χ2v) is 3.90. The van der Waals surface area contributed by atoms with Crippen LogP contribution in [0.25, 0.3) is 0 Å². The summed E-state index contributed by atoms with van der Waals surface area (Å²) < 4.78 is 0. The molecule has 0 spiro atoms. The van der Waals surface area contributed by atoms with Gasteiger partial charge in [0.15, 0.2) is 0 Å². The van der Waals surface area contributed by atoms with Gasteiger partial charge in [-0.2, -0.15) is 0 Å². The van der Waals surface area contributed by atoms with E-state index in [0.717, 1.165) is 19.1 Å². The highest BCUT2D eigenvalue weighted by Crippen LogP contribution is 2.27. The van der Waals surface area contributed by atoms with Crippen molar-refractivity contribution in [1.82, 2.24) is 9.80 Å². The fraction of sp³-hybridized carbons (Fsp3) is 1.00. The Bertz CT molecular complexity index is 137. The highest BCUT2D eigenvalue weighted by Gasteiger charge is 2.30. The first-order valence-corrected chi connectivity index (χ1v) is 5.06. The molecule has 0 atom stereocenters. The van der Waals surface area contributed by atoms with Crippen molar-refractivity contribution in [3.05, 3.63) is 0 Å². The summed E-state index contributed by atoms with van der Waals surface area (Å²) in [6.07, 6.45) is 2.88. The van der Waals surface area contributed by atoms with Crippen molar-refractivity contribution in [3.8, 4) is 0 Å².